The molecule has 21 heavy (non-hydrogen) atoms. The number of ether oxygens (including phenoxy) is 1. The third kappa shape index (κ3) is 4.73. The molecule has 0 fully saturated rings. The Bertz CT molecular complexity index is 605. The summed E-state index contributed by atoms with van der Waals surface area (Å²) in [5.41, 5.74) is 1.57. The summed E-state index contributed by atoms with van der Waals surface area (Å²) in [6, 6.07) is 8.86. The zero-order chi connectivity index (χ0) is 15.1. The largest absolute Gasteiger partial charge is 0.495 e. The zero-order valence-electron chi connectivity index (χ0n) is 11.6. The lowest BCUT2D eigenvalue weighted by molar-refractivity contribution is -0.115. The van der Waals surface area contributed by atoms with Gasteiger partial charge in [0.25, 0.3) is 0 Å². The van der Waals surface area contributed by atoms with Crippen molar-refractivity contribution in [2.75, 3.05) is 19.0 Å². The van der Waals surface area contributed by atoms with Crippen molar-refractivity contribution in [1.82, 2.24) is 10.3 Å². The fourth-order valence-corrected chi connectivity index (χ4v) is 1.97. The average Bonchev–Trinajstić information content (AvgIpc) is 2.48. The molecule has 1 amide bonds. The Labute approximate surface area is 128 Å². The molecule has 6 heteroatoms. The maximum atomic E-state index is 11.9. The molecule has 1 heterocycles. The summed E-state index contributed by atoms with van der Waals surface area (Å²) in [7, 11) is 1.54. The molecule has 0 aliphatic heterocycles. The number of methoxy groups -OCH3 is 1. The highest BCUT2D eigenvalue weighted by molar-refractivity contribution is 6.31. The molecular formula is C15H16ClN3O2. The molecule has 2 N–H and O–H groups in total. The summed E-state index contributed by atoms with van der Waals surface area (Å²) >= 11 is 5.91. The van der Waals surface area contributed by atoms with Gasteiger partial charge >= 0.3 is 0 Å². The van der Waals surface area contributed by atoms with Gasteiger partial charge in [-0.05, 0) is 29.8 Å². The highest BCUT2D eigenvalue weighted by Crippen LogP contribution is 2.27. The van der Waals surface area contributed by atoms with Crippen LogP contribution in [-0.4, -0.2) is 24.5 Å². The van der Waals surface area contributed by atoms with Gasteiger partial charge in [-0.25, -0.2) is 0 Å². The van der Waals surface area contributed by atoms with Crippen LogP contribution in [0.5, 0.6) is 5.75 Å². The highest BCUT2D eigenvalue weighted by atomic mass is 35.5. The lowest BCUT2D eigenvalue weighted by Gasteiger charge is -2.11. The first-order chi connectivity index (χ1) is 10.2. The van der Waals surface area contributed by atoms with Gasteiger partial charge in [-0.15, -0.1) is 0 Å². The Kier molecular flexibility index (Phi) is 5.54. The van der Waals surface area contributed by atoms with Gasteiger partial charge in [-0.2, -0.15) is 0 Å². The first-order valence-electron chi connectivity index (χ1n) is 6.42. The second-order valence-corrected chi connectivity index (χ2v) is 4.79. The van der Waals surface area contributed by atoms with Crippen molar-refractivity contribution in [2.45, 2.75) is 6.54 Å². The predicted molar refractivity (Wildman–Crippen MR) is 82.6 cm³/mol. The normalized spacial score (nSPS) is 10.2. The predicted octanol–water partition coefficient (Wildman–Crippen LogP) is 2.47. The Morgan fingerprint density at radius 3 is 2.95 bits per heavy atom. The van der Waals surface area contributed by atoms with E-state index in [2.05, 4.69) is 15.6 Å². The van der Waals surface area contributed by atoms with Crippen molar-refractivity contribution in [2.24, 2.45) is 0 Å². The van der Waals surface area contributed by atoms with Crippen molar-refractivity contribution in [3.63, 3.8) is 0 Å². The van der Waals surface area contributed by atoms with E-state index in [4.69, 9.17) is 16.3 Å². The summed E-state index contributed by atoms with van der Waals surface area (Å²) in [6.45, 7) is 0.762. The van der Waals surface area contributed by atoms with Gasteiger partial charge in [0.15, 0.2) is 0 Å². The van der Waals surface area contributed by atoms with Gasteiger partial charge < -0.3 is 15.4 Å². The lowest BCUT2D eigenvalue weighted by atomic mass is 10.3. The summed E-state index contributed by atoms with van der Waals surface area (Å²) in [4.78, 5) is 15.9. The molecule has 0 aliphatic carbocycles. The molecule has 1 aromatic carbocycles. The molecule has 2 rings (SSSR count). The Balaban J connectivity index is 1.86. The van der Waals surface area contributed by atoms with Crippen LogP contribution >= 0.6 is 11.6 Å². The molecule has 0 radical (unpaired) electrons. The molecule has 0 saturated heterocycles. The summed E-state index contributed by atoms with van der Waals surface area (Å²) in [5, 5.41) is 6.35. The molecule has 2 aromatic rings. The van der Waals surface area contributed by atoms with Crippen LogP contribution < -0.4 is 15.4 Å². The van der Waals surface area contributed by atoms with Crippen LogP contribution in [0, 0.1) is 0 Å². The molecule has 0 unspecified atom stereocenters. The van der Waals surface area contributed by atoms with E-state index < -0.39 is 0 Å². The number of carbonyl (C=O) groups is 1. The molecule has 0 spiro atoms. The zero-order valence-corrected chi connectivity index (χ0v) is 12.4. The summed E-state index contributed by atoms with van der Waals surface area (Å²) in [5.74, 6) is 0.402. The van der Waals surface area contributed by atoms with Gasteiger partial charge in [0.05, 0.1) is 19.3 Å². The van der Waals surface area contributed by atoms with E-state index in [1.807, 2.05) is 12.1 Å². The average molecular weight is 306 g/mol. The van der Waals surface area contributed by atoms with E-state index in [1.165, 1.54) is 0 Å². The molecule has 5 nitrogen and oxygen atoms in total. The SMILES string of the molecule is COc1ccc(Cl)cc1NC(=O)CNCc1cccnc1. The second kappa shape index (κ2) is 7.61. The monoisotopic (exact) mass is 305 g/mol. The maximum Gasteiger partial charge on any atom is 0.238 e. The van der Waals surface area contributed by atoms with Crippen molar-refractivity contribution >= 4 is 23.2 Å². The van der Waals surface area contributed by atoms with Crippen LogP contribution in [0.25, 0.3) is 0 Å². The summed E-state index contributed by atoms with van der Waals surface area (Å²) in [6.07, 6.45) is 3.46. The third-order valence-electron chi connectivity index (χ3n) is 2.77. The number of amides is 1. The van der Waals surface area contributed by atoms with Crippen LogP contribution in [0.4, 0.5) is 5.69 Å². The molecule has 1 aromatic heterocycles. The second-order valence-electron chi connectivity index (χ2n) is 4.36. The third-order valence-corrected chi connectivity index (χ3v) is 3.01. The molecule has 0 aliphatic rings. The topological polar surface area (TPSA) is 63.2 Å². The Morgan fingerprint density at radius 1 is 1.38 bits per heavy atom. The van der Waals surface area contributed by atoms with E-state index in [-0.39, 0.29) is 12.5 Å². The number of hydrogen-bond donors (Lipinski definition) is 2. The van der Waals surface area contributed by atoms with Crippen LogP contribution in [0.3, 0.4) is 0 Å². The van der Waals surface area contributed by atoms with Crippen molar-refractivity contribution in [3.8, 4) is 5.75 Å². The van der Waals surface area contributed by atoms with E-state index in [9.17, 15) is 4.79 Å². The molecule has 0 saturated carbocycles. The van der Waals surface area contributed by atoms with Crippen molar-refractivity contribution in [1.29, 1.82) is 0 Å². The number of rotatable bonds is 6. The van der Waals surface area contributed by atoms with Crippen LogP contribution in [0.1, 0.15) is 5.56 Å². The quantitative estimate of drug-likeness (QED) is 0.860. The Hall–Kier alpha value is -2.11. The highest BCUT2D eigenvalue weighted by Gasteiger charge is 2.08. The number of benzene rings is 1. The lowest BCUT2D eigenvalue weighted by Crippen LogP contribution is -2.27. The fraction of sp³-hybridized carbons (Fsp3) is 0.200. The van der Waals surface area contributed by atoms with E-state index in [1.54, 1.807) is 37.7 Å². The molecule has 0 bridgehead atoms. The minimum Gasteiger partial charge on any atom is -0.495 e. The van der Waals surface area contributed by atoms with Crippen LogP contribution in [-0.2, 0) is 11.3 Å². The number of carbonyl (C=O) groups excluding carboxylic acids is 1. The van der Waals surface area contributed by atoms with Crippen LogP contribution in [0.15, 0.2) is 42.7 Å². The van der Waals surface area contributed by atoms with E-state index in [0.29, 0.717) is 23.0 Å². The summed E-state index contributed by atoms with van der Waals surface area (Å²) < 4.78 is 5.17. The fourth-order valence-electron chi connectivity index (χ4n) is 1.80. The van der Waals surface area contributed by atoms with E-state index >= 15 is 0 Å². The maximum absolute atomic E-state index is 11.9. The standard InChI is InChI=1S/C15H16ClN3O2/c1-21-14-5-4-12(16)7-13(14)19-15(20)10-18-9-11-3-2-6-17-8-11/h2-8,18H,9-10H2,1H3,(H,19,20). The molecular weight excluding hydrogens is 290 g/mol. The number of nitrogens with zero attached hydrogens (tertiary/aromatic N) is 1. The minimum absolute atomic E-state index is 0.167. The number of anilines is 1. The number of aromatic nitrogens is 1. The first kappa shape index (κ1) is 15.3. The number of halogens is 1. The number of hydrogen-bond acceptors (Lipinski definition) is 4. The minimum atomic E-state index is -0.167. The van der Waals surface area contributed by atoms with Gasteiger partial charge in [0.1, 0.15) is 5.75 Å². The van der Waals surface area contributed by atoms with Gasteiger partial charge in [-0.1, -0.05) is 17.7 Å². The van der Waals surface area contributed by atoms with Crippen LogP contribution in [0.2, 0.25) is 5.02 Å². The Morgan fingerprint density at radius 2 is 2.24 bits per heavy atom. The number of nitrogens with one attached hydrogen (secondary N) is 2. The van der Waals surface area contributed by atoms with Gasteiger partial charge in [0, 0.05) is 24.0 Å². The molecule has 0 atom stereocenters. The van der Waals surface area contributed by atoms with Gasteiger partial charge in [0.2, 0.25) is 5.91 Å². The van der Waals surface area contributed by atoms with E-state index in [0.717, 1.165) is 5.56 Å². The smallest absolute Gasteiger partial charge is 0.238 e. The number of pyridine rings is 1. The first-order valence-corrected chi connectivity index (χ1v) is 6.80. The van der Waals surface area contributed by atoms with Crippen molar-refractivity contribution in [3.05, 3.63) is 53.3 Å². The van der Waals surface area contributed by atoms with Crippen molar-refractivity contribution < 1.29 is 9.53 Å². The van der Waals surface area contributed by atoms with Gasteiger partial charge in [-0.3, -0.25) is 9.78 Å². The molecule has 110 valence electrons.